The third-order valence-corrected chi connectivity index (χ3v) is 4.04. The molecule has 0 unspecified atom stereocenters. The van der Waals surface area contributed by atoms with Gasteiger partial charge in [0.1, 0.15) is 5.75 Å². The maximum atomic E-state index is 12.2. The van der Waals surface area contributed by atoms with E-state index in [0.29, 0.717) is 16.5 Å². The average molecular weight is 352 g/mol. The molecule has 3 nitrogen and oxygen atoms in total. The number of ether oxygens (including phenoxy) is 1. The van der Waals surface area contributed by atoms with Crippen LogP contribution in [0.5, 0.6) is 5.75 Å². The number of para-hydroxylation sites is 1. The van der Waals surface area contributed by atoms with Gasteiger partial charge >= 0.3 is 0 Å². The summed E-state index contributed by atoms with van der Waals surface area (Å²) in [4.78, 5) is 12.2. The number of rotatable bonds is 5. The highest BCUT2D eigenvalue weighted by Gasteiger charge is 2.09. The molecule has 3 rings (SSSR count). The van der Waals surface area contributed by atoms with Gasteiger partial charge in [-0.1, -0.05) is 66.2 Å². The maximum Gasteiger partial charge on any atom is 0.262 e. The van der Waals surface area contributed by atoms with E-state index in [1.807, 2.05) is 67.6 Å². The number of amides is 1. The summed E-state index contributed by atoms with van der Waals surface area (Å²) in [5, 5.41) is 3.41. The minimum Gasteiger partial charge on any atom is -0.483 e. The number of carbonyl (C=O) groups is 1. The molecule has 0 aliphatic heterocycles. The third-order valence-electron chi connectivity index (χ3n) is 3.80. The molecule has 0 aromatic heterocycles. The number of nitrogens with one attached hydrogen (secondary N) is 1. The zero-order valence-corrected chi connectivity index (χ0v) is 14.6. The molecule has 0 radical (unpaired) electrons. The zero-order valence-electron chi connectivity index (χ0n) is 13.8. The van der Waals surface area contributed by atoms with E-state index in [1.54, 1.807) is 12.1 Å². The Morgan fingerprint density at radius 2 is 1.72 bits per heavy atom. The molecule has 25 heavy (non-hydrogen) atoms. The van der Waals surface area contributed by atoms with Gasteiger partial charge in [0, 0.05) is 16.3 Å². The lowest BCUT2D eigenvalue weighted by Gasteiger charge is -2.13. The summed E-state index contributed by atoms with van der Waals surface area (Å²) in [5.74, 6) is 0.444. The SMILES string of the molecule is Cc1ccc(Cl)cc1NC(=O)COc1ccccc1-c1ccccc1. The van der Waals surface area contributed by atoms with Gasteiger partial charge in [0.05, 0.1) is 0 Å². The Labute approximate surface area is 152 Å². The number of halogens is 1. The molecule has 0 spiro atoms. The summed E-state index contributed by atoms with van der Waals surface area (Å²) in [6, 6.07) is 23.0. The smallest absolute Gasteiger partial charge is 0.262 e. The van der Waals surface area contributed by atoms with Crippen LogP contribution in [-0.2, 0) is 4.79 Å². The molecule has 0 saturated carbocycles. The molecule has 0 fully saturated rings. The van der Waals surface area contributed by atoms with E-state index in [-0.39, 0.29) is 12.5 Å². The Morgan fingerprint density at radius 1 is 1.00 bits per heavy atom. The molecular weight excluding hydrogens is 334 g/mol. The van der Waals surface area contributed by atoms with Crippen molar-refractivity contribution in [2.24, 2.45) is 0 Å². The van der Waals surface area contributed by atoms with E-state index in [0.717, 1.165) is 16.7 Å². The molecule has 0 atom stereocenters. The average Bonchev–Trinajstić information content (AvgIpc) is 2.64. The van der Waals surface area contributed by atoms with Crippen molar-refractivity contribution in [3.63, 3.8) is 0 Å². The molecule has 0 aliphatic carbocycles. The van der Waals surface area contributed by atoms with E-state index in [2.05, 4.69) is 5.32 Å². The van der Waals surface area contributed by atoms with Crippen molar-refractivity contribution < 1.29 is 9.53 Å². The van der Waals surface area contributed by atoms with Crippen LogP contribution in [-0.4, -0.2) is 12.5 Å². The largest absolute Gasteiger partial charge is 0.483 e. The maximum absolute atomic E-state index is 12.2. The fraction of sp³-hybridized carbons (Fsp3) is 0.0952. The molecule has 0 aliphatic rings. The molecule has 0 bridgehead atoms. The Hall–Kier alpha value is -2.78. The van der Waals surface area contributed by atoms with E-state index in [4.69, 9.17) is 16.3 Å². The summed E-state index contributed by atoms with van der Waals surface area (Å²) < 4.78 is 5.75. The van der Waals surface area contributed by atoms with Crippen LogP contribution >= 0.6 is 11.6 Å². The Bertz CT molecular complexity index is 878. The highest BCUT2D eigenvalue weighted by atomic mass is 35.5. The van der Waals surface area contributed by atoms with Gasteiger partial charge in [-0.3, -0.25) is 4.79 Å². The Kier molecular flexibility index (Phi) is 5.36. The minimum atomic E-state index is -0.228. The van der Waals surface area contributed by atoms with Crippen molar-refractivity contribution in [2.45, 2.75) is 6.92 Å². The van der Waals surface area contributed by atoms with Crippen molar-refractivity contribution in [1.82, 2.24) is 0 Å². The van der Waals surface area contributed by atoms with Crippen molar-refractivity contribution in [3.05, 3.63) is 83.4 Å². The van der Waals surface area contributed by atoms with Crippen LogP contribution in [0.1, 0.15) is 5.56 Å². The van der Waals surface area contributed by atoms with Gasteiger partial charge in [0.2, 0.25) is 0 Å². The van der Waals surface area contributed by atoms with Crippen molar-refractivity contribution in [2.75, 3.05) is 11.9 Å². The normalized spacial score (nSPS) is 10.3. The first kappa shape index (κ1) is 17.1. The first-order valence-electron chi connectivity index (χ1n) is 7.97. The van der Waals surface area contributed by atoms with Crippen LogP contribution in [0, 0.1) is 6.92 Å². The number of anilines is 1. The first-order chi connectivity index (χ1) is 12.1. The van der Waals surface area contributed by atoms with Crippen LogP contribution < -0.4 is 10.1 Å². The van der Waals surface area contributed by atoms with Gasteiger partial charge in [-0.15, -0.1) is 0 Å². The van der Waals surface area contributed by atoms with Crippen LogP contribution in [0.15, 0.2) is 72.8 Å². The van der Waals surface area contributed by atoms with Gasteiger partial charge in [0.15, 0.2) is 6.61 Å². The lowest BCUT2D eigenvalue weighted by atomic mass is 10.1. The highest BCUT2D eigenvalue weighted by molar-refractivity contribution is 6.31. The number of benzene rings is 3. The topological polar surface area (TPSA) is 38.3 Å². The molecule has 3 aromatic carbocycles. The van der Waals surface area contributed by atoms with Crippen molar-refractivity contribution in [1.29, 1.82) is 0 Å². The van der Waals surface area contributed by atoms with Gasteiger partial charge in [-0.2, -0.15) is 0 Å². The summed E-state index contributed by atoms with van der Waals surface area (Å²) >= 11 is 5.98. The third kappa shape index (κ3) is 4.40. The summed E-state index contributed by atoms with van der Waals surface area (Å²) in [5.41, 5.74) is 3.64. The summed E-state index contributed by atoms with van der Waals surface area (Å²) in [6.07, 6.45) is 0. The summed E-state index contributed by atoms with van der Waals surface area (Å²) in [7, 11) is 0. The summed E-state index contributed by atoms with van der Waals surface area (Å²) in [6.45, 7) is 1.84. The lowest BCUT2D eigenvalue weighted by molar-refractivity contribution is -0.118. The molecule has 1 N–H and O–H groups in total. The molecule has 0 saturated heterocycles. The van der Waals surface area contributed by atoms with Crippen LogP contribution in [0.4, 0.5) is 5.69 Å². The molecule has 3 aromatic rings. The van der Waals surface area contributed by atoms with Crippen LogP contribution in [0.25, 0.3) is 11.1 Å². The fourth-order valence-electron chi connectivity index (χ4n) is 2.51. The molecular formula is C21H18ClNO2. The predicted molar refractivity (Wildman–Crippen MR) is 102 cm³/mol. The second kappa shape index (κ2) is 7.86. The highest BCUT2D eigenvalue weighted by Crippen LogP contribution is 2.29. The van der Waals surface area contributed by atoms with E-state index in [9.17, 15) is 4.79 Å². The van der Waals surface area contributed by atoms with Crippen molar-refractivity contribution >= 4 is 23.2 Å². The monoisotopic (exact) mass is 351 g/mol. The number of hydrogen-bond acceptors (Lipinski definition) is 2. The van der Waals surface area contributed by atoms with Crippen LogP contribution in [0.2, 0.25) is 5.02 Å². The molecule has 126 valence electrons. The van der Waals surface area contributed by atoms with Crippen molar-refractivity contribution in [3.8, 4) is 16.9 Å². The van der Waals surface area contributed by atoms with Gasteiger partial charge < -0.3 is 10.1 Å². The fourth-order valence-corrected chi connectivity index (χ4v) is 2.68. The molecule has 0 heterocycles. The second-order valence-electron chi connectivity index (χ2n) is 5.66. The number of hydrogen-bond donors (Lipinski definition) is 1. The van der Waals surface area contributed by atoms with Gasteiger partial charge in [-0.25, -0.2) is 0 Å². The zero-order chi connectivity index (χ0) is 17.6. The second-order valence-corrected chi connectivity index (χ2v) is 6.09. The predicted octanol–water partition coefficient (Wildman–Crippen LogP) is 5.33. The van der Waals surface area contributed by atoms with E-state index < -0.39 is 0 Å². The van der Waals surface area contributed by atoms with Gasteiger partial charge in [0.25, 0.3) is 5.91 Å². The van der Waals surface area contributed by atoms with Crippen LogP contribution in [0.3, 0.4) is 0 Å². The van der Waals surface area contributed by atoms with Gasteiger partial charge in [-0.05, 0) is 36.2 Å². The number of carbonyl (C=O) groups excluding carboxylic acids is 1. The standard InChI is InChI=1S/C21H18ClNO2/c1-15-11-12-17(22)13-19(15)23-21(24)14-25-20-10-6-5-9-18(20)16-7-3-2-4-8-16/h2-13H,14H2,1H3,(H,23,24). The number of aryl methyl sites for hydroxylation is 1. The van der Waals surface area contributed by atoms with E-state index in [1.165, 1.54) is 0 Å². The Morgan fingerprint density at radius 3 is 2.52 bits per heavy atom. The minimum absolute atomic E-state index is 0.0736. The van der Waals surface area contributed by atoms with E-state index >= 15 is 0 Å². The quantitative estimate of drug-likeness (QED) is 0.674. The lowest BCUT2D eigenvalue weighted by Crippen LogP contribution is -2.20. The first-order valence-corrected chi connectivity index (χ1v) is 8.34. The molecule has 4 heteroatoms. The molecule has 1 amide bonds. The Balaban J connectivity index is 1.70.